The lowest BCUT2D eigenvalue weighted by molar-refractivity contribution is -0.140. The lowest BCUT2D eigenvalue weighted by Crippen LogP contribution is -2.49. The summed E-state index contributed by atoms with van der Waals surface area (Å²) < 4.78 is 0. The fourth-order valence-electron chi connectivity index (χ4n) is 2.89. The summed E-state index contributed by atoms with van der Waals surface area (Å²) in [6, 6.07) is 15.0. The second kappa shape index (κ2) is 11.3. The van der Waals surface area contributed by atoms with E-state index in [-0.39, 0.29) is 17.9 Å². The first-order valence-electron chi connectivity index (χ1n) is 9.80. The molecule has 1 unspecified atom stereocenters. The topological polar surface area (TPSA) is 49.4 Å². The third kappa shape index (κ3) is 7.41. The Morgan fingerprint density at radius 3 is 2.34 bits per heavy atom. The van der Waals surface area contributed by atoms with Crippen molar-refractivity contribution in [2.75, 3.05) is 5.75 Å². The van der Waals surface area contributed by atoms with E-state index in [2.05, 4.69) is 5.32 Å². The van der Waals surface area contributed by atoms with Crippen molar-refractivity contribution in [3.63, 3.8) is 0 Å². The molecular formula is C23H29ClN2O2S. The fourth-order valence-corrected chi connectivity index (χ4v) is 3.86. The van der Waals surface area contributed by atoms with Gasteiger partial charge in [-0.15, -0.1) is 11.8 Å². The number of aryl methyl sites for hydroxylation is 1. The lowest BCUT2D eigenvalue weighted by Gasteiger charge is -2.30. The number of benzene rings is 2. The maximum atomic E-state index is 13.0. The van der Waals surface area contributed by atoms with Crippen molar-refractivity contribution in [3.8, 4) is 0 Å². The van der Waals surface area contributed by atoms with Gasteiger partial charge in [-0.3, -0.25) is 9.59 Å². The number of carbonyl (C=O) groups is 2. The summed E-state index contributed by atoms with van der Waals surface area (Å²) in [5.74, 6) is 0.483. The van der Waals surface area contributed by atoms with Gasteiger partial charge in [0.2, 0.25) is 11.8 Å². The second-order valence-corrected chi connectivity index (χ2v) is 8.94. The van der Waals surface area contributed by atoms with Gasteiger partial charge in [0, 0.05) is 34.7 Å². The Balaban J connectivity index is 2.07. The summed E-state index contributed by atoms with van der Waals surface area (Å²) in [5.41, 5.74) is 2.16. The highest BCUT2D eigenvalue weighted by molar-refractivity contribution is 7.99. The molecule has 0 heterocycles. The Kier molecular flexibility index (Phi) is 9.05. The quantitative estimate of drug-likeness (QED) is 0.562. The van der Waals surface area contributed by atoms with Crippen LogP contribution in [0.1, 0.15) is 38.3 Å². The van der Waals surface area contributed by atoms with Crippen LogP contribution >= 0.6 is 23.4 Å². The first-order valence-corrected chi connectivity index (χ1v) is 11.2. The van der Waals surface area contributed by atoms with Crippen molar-refractivity contribution < 1.29 is 9.59 Å². The normalized spacial score (nSPS) is 11.9. The zero-order valence-electron chi connectivity index (χ0n) is 17.4. The average molecular weight is 433 g/mol. The van der Waals surface area contributed by atoms with Gasteiger partial charge in [0.05, 0.1) is 0 Å². The number of nitrogens with zero attached hydrogens (tertiary/aromatic N) is 1. The van der Waals surface area contributed by atoms with Gasteiger partial charge in [0.1, 0.15) is 6.04 Å². The van der Waals surface area contributed by atoms with Crippen LogP contribution in [0.3, 0.4) is 0 Å². The van der Waals surface area contributed by atoms with Crippen LogP contribution in [0, 0.1) is 6.92 Å². The monoisotopic (exact) mass is 432 g/mol. The lowest BCUT2D eigenvalue weighted by atomic mass is 10.1. The molecule has 4 nitrogen and oxygen atoms in total. The van der Waals surface area contributed by atoms with Crippen LogP contribution < -0.4 is 5.32 Å². The fraction of sp³-hybridized carbons (Fsp3) is 0.391. The van der Waals surface area contributed by atoms with Crippen LogP contribution in [-0.4, -0.2) is 34.6 Å². The molecule has 0 fully saturated rings. The van der Waals surface area contributed by atoms with E-state index < -0.39 is 6.04 Å². The van der Waals surface area contributed by atoms with Crippen LogP contribution in [0.15, 0.2) is 53.4 Å². The number of amides is 2. The van der Waals surface area contributed by atoms with Crippen molar-refractivity contribution in [1.82, 2.24) is 10.2 Å². The van der Waals surface area contributed by atoms with E-state index in [9.17, 15) is 9.59 Å². The first-order chi connectivity index (χ1) is 13.8. The maximum absolute atomic E-state index is 13.0. The minimum absolute atomic E-state index is 0.0267. The molecule has 0 saturated carbocycles. The van der Waals surface area contributed by atoms with E-state index in [0.717, 1.165) is 16.0 Å². The minimum atomic E-state index is -0.537. The molecular weight excluding hydrogens is 404 g/mol. The molecule has 0 aliphatic heterocycles. The van der Waals surface area contributed by atoms with Gasteiger partial charge < -0.3 is 10.2 Å². The van der Waals surface area contributed by atoms with Crippen LogP contribution in [0.2, 0.25) is 5.02 Å². The van der Waals surface area contributed by atoms with Crippen molar-refractivity contribution in [3.05, 3.63) is 64.7 Å². The Bertz CT molecular complexity index is 824. The number of rotatable bonds is 9. The molecule has 1 N–H and O–H groups in total. The highest BCUT2D eigenvalue weighted by Crippen LogP contribution is 2.22. The molecule has 0 radical (unpaired) electrons. The van der Waals surface area contributed by atoms with Crippen LogP contribution in [0.25, 0.3) is 0 Å². The van der Waals surface area contributed by atoms with Crippen molar-refractivity contribution in [2.45, 2.75) is 57.6 Å². The van der Waals surface area contributed by atoms with Gasteiger partial charge in [-0.05, 0) is 63.1 Å². The van der Waals surface area contributed by atoms with Gasteiger partial charge in [-0.2, -0.15) is 0 Å². The Labute approximate surface area is 183 Å². The zero-order valence-corrected chi connectivity index (χ0v) is 19.0. The molecule has 0 saturated heterocycles. The van der Waals surface area contributed by atoms with Gasteiger partial charge in [0.25, 0.3) is 0 Å². The summed E-state index contributed by atoms with van der Waals surface area (Å²) in [6.07, 6.45) is 0.360. The van der Waals surface area contributed by atoms with Gasteiger partial charge in [-0.1, -0.05) is 35.9 Å². The molecule has 2 rings (SSSR count). The molecule has 0 spiro atoms. The molecule has 2 aromatic rings. The summed E-state index contributed by atoms with van der Waals surface area (Å²) in [6.45, 7) is 8.07. The Hall–Kier alpha value is -1.98. The van der Waals surface area contributed by atoms with Gasteiger partial charge in [0.15, 0.2) is 0 Å². The minimum Gasteiger partial charge on any atom is -0.352 e. The molecule has 0 aliphatic carbocycles. The largest absolute Gasteiger partial charge is 0.352 e. The molecule has 2 amide bonds. The van der Waals surface area contributed by atoms with Crippen LogP contribution in [0.4, 0.5) is 0 Å². The van der Waals surface area contributed by atoms with E-state index in [0.29, 0.717) is 23.7 Å². The van der Waals surface area contributed by atoms with E-state index in [1.54, 1.807) is 23.6 Å². The smallest absolute Gasteiger partial charge is 0.242 e. The Morgan fingerprint density at radius 1 is 1.07 bits per heavy atom. The van der Waals surface area contributed by atoms with E-state index >= 15 is 0 Å². The third-order valence-corrected chi connectivity index (χ3v) is 5.86. The summed E-state index contributed by atoms with van der Waals surface area (Å²) in [4.78, 5) is 28.4. The highest BCUT2D eigenvalue weighted by atomic mass is 35.5. The zero-order chi connectivity index (χ0) is 21.4. The molecule has 29 heavy (non-hydrogen) atoms. The van der Waals surface area contributed by atoms with E-state index in [4.69, 9.17) is 11.6 Å². The number of hydrogen-bond acceptors (Lipinski definition) is 3. The number of halogens is 1. The number of hydrogen-bond donors (Lipinski definition) is 1. The molecule has 2 aromatic carbocycles. The number of thioether (sulfide) groups is 1. The molecule has 0 bridgehead atoms. The van der Waals surface area contributed by atoms with Gasteiger partial charge in [-0.25, -0.2) is 0 Å². The molecule has 0 aromatic heterocycles. The molecule has 1 atom stereocenters. The molecule has 0 aliphatic rings. The van der Waals surface area contributed by atoms with E-state index in [1.165, 1.54) is 0 Å². The summed E-state index contributed by atoms with van der Waals surface area (Å²) >= 11 is 7.53. The Morgan fingerprint density at radius 2 is 1.72 bits per heavy atom. The number of nitrogens with one attached hydrogen (secondary N) is 1. The molecule has 6 heteroatoms. The average Bonchev–Trinajstić information content (AvgIpc) is 2.67. The highest BCUT2D eigenvalue weighted by Gasteiger charge is 2.26. The summed E-state index contributed by atoms with van der Waals surface area (Å²) in [7, 11) is 0. The predicted octanol–water partition coefficient (Wildman–Crippen LogP) is 5.07. The van der Waals surface area contributed by atoms with Crippen molar-refractivity contribution in [2.24, 2.45) is 0 Å². The van der Waals surface area contributed by atoms with E-state index in [1.807, 2.05) is 69.3 Å². The predicted molar refractivity (Wildman–Crippen MR) is 121 cm³/mol. The SMILES string of the molecule is Cc1ccccc1CN(C(=O)CCSc1ccc(Cl)cc1)C(C)C(=O)NC(C)C. The second-order valence-electron chi connectivity index (χ2n) is 7.34. The molecule has 156 valence electrons. The van der Waals surface area contributed by atoms with Crippen molar-refractivity contribution >= 4 is 35.2 Å². The van der Waals surface area contributed by atoms with Gasteiger partial charge >= 0.3 is 0 Å². The first kappa shape index (κ1) is 23.3. The number of carbonyl (C=O) groups excluding carboxylic acids is 2. The standard InChI is InChI=1S/C23H29ClN2O2S/c1-16(2)25-23(28)18(4)26(15-19-8-6-5-7-17(19)3)22(27)13-14-29-21-11-9-20(24)10-12-21/h5-12,16,18H,13-15H2,1-4H3,(H,25,28). The summed E-state index contributed by atoms with van der Waals surface area (Å²) in [5, 5.41) is 3.61. The third-order valence-electron chi connectivity index (χ3n) is 4.60. The van der Waals surface area contributed by atoms with Crippen LogP contribution in [0.5, 0.6) is 0 Å². The van der Waals surface area contributed by atoms with Crippen LogP contribution in [-0.2, 0) is 16.1 Å². The van der Waals surface area contributed by atoms with Crippen molar-refractivity contribution in [1.29, 1.82) is 0 Å². The maximum Gasteiger partial charge on any atom is 0.242 e.